The average Bonchev–Trinajstić information content (AvgIpc) is 2.65. The first-order valence-electron chi connectivity index (χ1n) is 8.03. The van der Waals surface area contributed by atoms with Crippen molar-refractivity contribution in [1.82, 2.24) is 14.9 Å². The summed E-state index contributed by atoms with van der Waals surface area (Å²) in [6, 6.07) is 6.48. The molecule has 2 aromatic rings. The van der Waals surface area contributed by atoms with Crippen LogP contribution < -0.4 is 10.2 Å². The van der Waals surface area contributed by atoms with Crippen LogP contribution in [0.5, 0.6) is 0 Å². The predicted molar refractivity (Wildman–Crippen MR) is 101 cm³/mol. The smallest absolute Gasteiger partial charge is 0.274 e. The van der Waals surface area contributed by atoms with Gasteiger partial charge < -0.3 is 15.1 Å². The molecule has 1 aliphatic rings. The number of amides is 2. The van der Waals surface area contributed by atoms with E-state index in [4.69, 9.17) is 23.2 Å². The van der Waals surface area contributed by atoms with Gasteiger partial charge in [0, 0.05) is 44.9 Å². The van der Waals surface area contributed by atoms with Crippen LogP contribution in [0.15, 0.2) is 30.6 Å². The minimum Gasteiger partial charge on any atom is -0.353 e. The van der Waals surface area contributed by atoms with Crippen molar-refractivity contribution in [2.45, 2.75) is 6.92 Å². The Balaban J connectivity index is 1.69. The van der Waals surface area contributed by atoms with E-state index in [9.17, 15) is 9.59 Å². The topological polar surface area (TPSA) is 78.4 Å². The lowest BCUT2D eigenvalue weighted by atomic mass is 10.2. The summed E-state index contributed by atoms with van der Waals surface area (Å²) in [6.07, 6.45) is 1.36. The second-order valence-corrected chi connectivity index (χ2v) is 6.65. The van der Waals surface area contributed by atoms with Gasteiger partial charge in [0.25, 0.3) is 5.91 Å². The van der Waals surface area contributed by atoms with E-state index in [1.165, 1.54) is 6.33 Å². The molecule has 7 nitrogen and oxygen atoms in total. The van der Waals surface area contributed by atoms with Crippen molar-refractivity contribution < 1.29 is 9.59 Å². The van der Waals surface area contributed by atoms with Gasteiger partial charge in [0.05, 0.1) is 10.0 Å². The Morgan fingerprint density at radius 1 is 1.04 bits per heavy atom. The van der Waals surface area contributed by atoms with E-state index in [1.54, 1.807) is 36.1 Å². The zero-order chi connectivity index (χ0) is 18.7. The highest BCUT2D eigenvalue weighted by Crippen LogP contribution is 2.25. The summed E-state index contributed by atoms with van der Waals surface area (Å²) in [5, 5.41) is 3.51. The SMILES string of the molecule is CC(=O)N1CCN(c2cc(C(=O)Nc3ccc(Cl)c(Cl)c3)ncn2)CC1. The molecule has 1 N–H and O–H groups in total. The number of hydrogen-bond donors (Lipinski definition) is 1. The highest BCUT2D eigenvalue weighted by molar-refractivity contribution is 6.42. The Morgan fingerprint density at radius 3 is 2.42 bits per heavy atom. The van der Waals surface area contributed by atoms with Crippen molar-refractivity contribution >= 4 is 46.5 Å². The number of hydrogen-bond acceptors (Lipinski definition) is 5. The lowest BCUT2D eigenvalue weighted by Crippen LogP contribution is -2.48. The van der Waals surface area contributed by atoms with Gasteiger partial charge in [0.2, 0.25) is 5.91 Å². The Morgan fingerprint density at radius 2 is 1.77 bits per heavy atom. The molecule has 26 heavy (non-hydrogen) atoms. The average molecular weight is 394 g/mol. The molecular formula is C17H17Cl2N5O2. The molecule has 3 rings (SSSR count). The van der Waals surface area contributed by atoms with Gasteiger partial charge in [-0.05, 0) is 18.2 Å². The van der Waals surface area contributed by atoms with Crippen molar-refractivity contribution in [2.24, 2.45) is 0 Å². The van der Waals surface area contributed by atoms with Crippen LogP contribution in [0.3, 0.4) is 0 Å². The zero-order valence-corrected chi connectivity index (χ0v) is 15.6. The van der Waals surface area contributed by atoms with Crippen molar-refractivity contribution in [3.63, 3.8) is 0 Å². The third-order valence-electron chi connectivity index (χ3n) is 4.11. The van der Waals surface area contributed by atoms with Gasteiger partial charge in [-0.3, -0.25) is 9.59 Å². The lowest BCUT2D eigenvalue weighted by molar-refractivity contribution is -0.129. The second kappa shape index (κ2) is 7.88. The molecule has 1 saturated heterocycles. The Bertz CT molecular complexity index is 838. The molecule has 0 saturated carbocycles. The molecule has 1 fully saturated rings. The number of piperazine rings is 1. The molecule has 1 aromatic carbocycles. The van der Waals surface area contributed by atoms with Crippen molar-refractivity contribution in [3.05, 3.63) is 46.3 Å². The van der Waals surface area contributed by atoms with Gasteiger partial charge in [0.15, 0.2) is 0 Å². The Hall–Kier alpha value is -2.38. The minimum atomic E-state index is -0.366. The monoisotopic (exact) mass is 393 g/mol. The fourth-order valence-electron chi connectivity index (χ4n) is 2.66. The van der Waals surface area contributed by atoms with Crippen molar-refractivity contribution in [3.8, 4) is 0 Å². The van der Waals surface area contributed by atoms with E-state index in [-0.39, 0.29) is 17.5 Å². The zero-order valence-electron chi connectivity index (χ0n) is 14.1. The van der Waals surface area contributed by atoms with Crippen LogP contribution in [0.1, 0.15) is 17.4 Å². The third-order valence-corrected chi connectivity index (χ3v) is 4.85. The molecule has 0 radical (unpaired) electrons. The maximum absolute atomic E-state index is 12.4. The van der Waals surface area contributed by atoms with E-state index in [0.29, 0.717) is 47.7 Å². The predicted octanol–water partition coefficient (Wildman–Crippen LogP) is 2.70. The van der Waals surface area contributed by atoms with E-state index in [0.717, 1.165) is 0 Å². The summed E-state index contributed by atoms with van der Waals surface area (Å²) in [6.45, 7) is 4.13. The minimum absolute atomic E-state index is 0.0639. The number of nitrogens with one attached hydrogen (secondary N) is 1. The molecule has 0 atom stereocenters. The number of carbonyl (C=O) groups excluding carboxylic acids is 2. The maximum atomic E-state index is 12.4. The number of halogens is 2. The van der Waals surface area contributed by atoms with E-state index in [2.05, 4.69) is 15.3 Å². The van der Waals surface area contributed by atoms with Crippen LogP contribution in [-0.2, 0) is 4.79 Å². The third kappa shape index (κ3) is 4.23. The Kier molecular flexibility index (Phi) is 5.58. The standard InChI is InChI=1S/C17H17Cl2N5O2/c1-11(25)23-4-6-24(7-5-23)16-9-15(20-10-21-16)17(26)22-12-2-3-13(18)14(19)8-12/h2-3,8-10H,4-7H2,1H3,(H,22,26). The second-order valence-electron chi connectivity index (χ2n) is 5.84. The molecule has 1 aliphatic heterocycles. The molecule has 9 heteroatoms. The van der Waals surface area contributed by atoms with Gasteiger partial charge in [-0.15, -0.1) is 0 Å². The Labute approximate surface area is 160 Å². The van der Waals surface area contributed by atoms with Crippen molar-refractivity contribution in [2.75, 3.05) is 36.4 Å². The number of rotatable bonds is 3. The van der Waals surface area contributed by atoms with Gasteiger partial charge in [-0.2, -0.15) is 0 Å². The first-order valence-corrected chi connectivity index (χ1v) is 8.78. The molecule has 2 amide bonds. The highest BCUT2D eigenvalue weighted by atomic mass is 35.5. The molecule has 0 unspecified atom stereocenters. The molecule has 0 spiro atoms. The molecule has 0 aliphatic carbocycles. The number of benzene rings is 1. The fourth-order valence-corrected chi connectivity index (χ4v) is 2.96. The molecule has 136 valence electrons. The number of anilines is 2. The first-order chi connectivity index (χ1) is 12.4. The summed E-state index contributed by atoms with van der Waals surface area (Å²) in [5.74, 6) is 0.353. The quantitative estimate of drug-likeness (QED) is 0.866. The molecular weight excluding hydrogens is 377 g/mol. The summed E-state index contributed by atoms with van der Waals surface area (Å²) in [7, 11) is 0. The maximum Gasteiger partial charge on any atom is 0.274 e. The normalized spacial score (nSPS) is 14.3. The summed E-state index contributed by atoms with van der Waals surface area (Å²) in [4.78, 5) is 35.9. The number of carbonyl (C=O) groups is 2. The van der Waals surface area contributed by atoms with E-state index >= 15 is 0 Å². The highest BCUT2D eigenvalue weighted by Gasteiger charge is 2.20. The number of aromatic nitrogens is 2. The van der Waals surface area contributed by atoms with Gasteiger partial charge in [0.1, 0.15) is 17.8 Å². The summed E-state index contributed by atoms with van der Waals surface area (Å²) < 4.78 is 0. The van der Waals surface area contributed by atoms with Crippen LogP contribution in [0.25, 0.3) is 0 Å². The summed E-state index contributed by atoms with van der Waals surface area (Å²) in [5.41, 5.74) is 0.773. The van der Waals surface area contributed by atoms with Crippen LogP contribution in [-0.4, -0.2) is 52.9 Å². The van der Waals surface area contributed by atoms with Gasteiger partial charge in [-0.25, -0.2) is 9.97 Å². The summed E-state index contributed by atoms with van der Waals surface area (Å²) >= 11 is 11.8. The van der Waals surface area contributed by atoms with E-state index in [1.807, 2.05) is 4.90 Å². The van der Waals surface area contributed by atoms with Crippen molar-refractivity contribution in [1.29, 1.82) is 0 Å². The number of nitrogens with zero attached hydrogens (tertiary/aromatic N) is 4. The largest absolute Gasteiger partial charge is 0.353 e. The van der Waals surface area contributed by atoms with Crippen LogP contribution in [0, 0.1) is 0 Å². The first kappa shape index (κ1) is 18.4. The van der Waals surface area contributed by atoms with Gasteiger partial charge >= 0.3 is 0 Å². The van der Waals surface area contributed by atoms with E-state index < -0.39 is 0 Å². The van der Waals surface area contributed by atoms with Crippen LogP contribution in [0.4, 0.5) is 11.5 Å². The van der Waals surface area contributed by atoms with Crippen LogP contribution in [0.2, 0.25) is 10.0 Å². The molecule has 0 bridgehead atoms. The lowest BCUT2D eigenvalue weighted by Gasteiger charge is -2.34. The fraction of sp³-hybridized carbons (Fsp3) is 0.294. The molecule has 2 heterocycles. The molecule has 1 aromatic heterocycles. The van der Waals surface area contributed by atoms with Crippen LogP contribution >= 0.6 is 23.2 Å². The van der Waals surface area contributed by atoms with Gasteiger partial charge in [-0.1, -0.05) is 23.2 Å².